The lowest BCUT2D eigenvalue weighted by molar-refractivity contribution is 0.474. The number of nitrogen functional groups attached to an aromatic ring is 1. The summed E-state index contributed by atoms with van der Waals surface area (Å²) in [6.07, 6.45) is 3.04. The molecule has 2 rings (SSSR count). The second-order valence-corrected chi connectivity index (χ2v) is 3.47. The quantitative estimate of drug-likeness (QED) is 0.843. The van der Waals surface area contributed by atoms with Gasteiger partial charge in [0.2, 0.25) is 0 Å². The Bertz CT molecular complexity index is 514. The number of hydrogen-bond acceptors (Lipinski definition) is 3. The molecule has 82 valence electrons. The monoisotopic (exact) mass is 218 g/mol. The molecule has 0 spiro atoms. The lowest BCUT2D eigenvalue weighted by atomic mass is 10.2. The van der Waals surface area contributed by atoms with Crippen molar-refractivity contribution in [2.24, 2.45) is 0 Å². The van der Waals surface area contributed by atoms with E-state index in [4.69, 9.17) is 10.5 Å². The lowest BCUT2D eigenvalue weighted by Gasteiger charge is -2.06. The van der Waals surface area contributed by atoms with Crippen molar-refractivity contribution in [1.29, 1.82) is 0 Å². The van der Waals surface area contributed by atoms with Gasteiger partial charge in [0.15, 0.2) is 0 Å². The molecule has 0 aliphatic carbocycles. The van der Waals surface area contributed by atoms with Gasteiger partial charge in [-0.15, -0.1) is 0 Å². The molecule has 0 atom stereocenters. The first-order valence-corrected chi connectivity index (χ1v) is 4.80. The van der Waals surface area contributed by atoms with E-state index < -0.39 is 0 Å². The van der Waals surface area contributed by atoms with Crippen molar-refractivity contribution in [3.05, 3.63) is 48.0 Å². The van der Waals surface area contributed by atoms with Crippen molar-refractivity contribution >= 4 is 5.69 Å². The summed E-state index contributed by atoms with van der Waals surface area (Å²) in [6.45, 7) is 1.70. The van der Waals surface area contributed by atoms with E-state index in [9.17, 15) is 4.39 Å². The molecule has 0 saturated heterocycles. The van der Waals surface area contributed by atoms with Crippen molar-refractivity contribution in [3.63, 3.8) is 0 Å². The highest BCUT2D eigenvalue weighted by atomic mass is 19.1. The number of ether oxygens (including phenoxy) is 1. The molecule has 1 heterocycles. The molecule has 2 aromatic rings. The molecule has 2 N–H and O–H groups in total. The molecule has 0 fully saturated rings. The smallest absolute Gasteiger partial charge is 0.147 e. The number of nitrogens with zero attached hydrogens (tertiary/aromatic N) is 1. The summed E-state index contributed by atoms with van der Waals surface area (Å²) in [5.41, 5.74) is 6.64. The van der Waals surface area contributed by atoms with Crippen molar-refractivity contribution in [1.82, 2.24) is 4.98 Å². The Balaban J connectivity index is 2.24. The maximum absolute atomic E-state index is 13.2. The van der Waals surface area contributed by atoms with Crippen molar-refractivity contribution in [3.8, 4) is 11.5 Å². The van der Waals surface area contributed by atoms with Crippen LogP contribution in [0.2, 0.25) is 0 Å². The van der Waals surface area contributed by atoms with Crippen LogP contribution in [-0.2, 0) is 0 Å². The summed E-state index contributed by atoms with van der Waals surface area (Å²) in [4.78, 5) is 3.88. The first kappa shape index (κ1) is 10.4. The minimum Gasteiger partial charge on any atom is -0.456 e. The largest absolute Gasteiger partial charge is 0.456 e. The third-order valence-electron chi connectivity index (χ3n) is 2.11. The molecule has 0 radical (unpaired) electrons. The normalized spacial score (nSPS) is 10.1. The molecular formula is C12H11FN2O. The van der Waals surface area contributed by atoms with Gasteiger partial charge in [0.1, 0.15) is 17.3 Å². The first-order valence-electron chi connectivity index (χ1n) is 4.80. The molecule has 1 aromatic carbocycles. The van der Waals surface area contributed by atoms with Gasteiger partial charge in [0.05, 0.1) is 18.1 Å². The molecule has 0 aliphatic rings. The number of halogens is 1. The van der Waals surface area contributed by atoms with E-state index in [2.05, 4.69) is 4.98 Å². The molecule has 3 nitrogen and oxygen atoms in total. The average molecular weight is 218 g/mol. The van der Waals surface area contributed by atoms with Gasteiger partial charge < -0.3 is 10.5 Å². The van der Waals surface area contributed by atoms with Crippen molar-refractivity contribution < 1.29 is 9.13 Å². The molecule has 0 saturated carbocycles. The Kier molecular flexibility index (Phi) is 2.72. The zero-order chi connectivity index (χ0) is 11.5. The van der Waals surface area contributed by atoms with Crippen LogP contribution in [0.1, 0.15) is 5.56 Å². The molecule has 0 bridgehead atoms. The minimum atomic E-state index is -0.297. The van der Waals surface area contributed by atoms with Crippen LogP contribution in [0.4, 0.5) is 10.1 Å². The van der Waals surface area contributed by atoms with E-state index in [1.54, 1.807) is 25.1 Å². The maximum atomic E-state index is 13.2. The first-order chi connectivity index (χ1) is 7.65. The Morgan fingerprint density at radius 3 is 2.69 bits per heavy atom. The third kappa shape index (κ3) is 2.28. The van der Waals surface area contributed by atoms with E-state index in [0.29, 0.717) is 22.7 Å². The van der Waals surface area contributed by atoms with Crippen LogP contribution < -0.4 is 10.5 Å². The predicted molar refractivity (Wildman–Crippen MR) is 59.9 cm³/mol. The van der Waals surface area contributed by atoms with Gasteiger partial charge in [0, 0.05) is 12.1 Å². The number of benzene rings is 1. The number of anilines is 1. The van der Waals surface area contributed by atoms with Gasteiger partial charge >= 0.3 is 0 Å². The Labute approximate surface area is 92.7 Å². The van der Waals surface area contributed by atoms with Crippen LogP contribution in [0.5, 0.6) is 11.5 Å². The molecule has 0 amide bonds. The average Bonchev–Trinajstić information content (AvgIpc) is 2.24. The van der Waals surface area contributed by atoms with Crippen LogP contribution >= 0.6 is 0 Å². The second-order valence-electron chi connectivity index (χ2n) is 3.47. The van der Waals surface area contributed by atoms with Gasteiger partial charge in [-0.3, -0.25) is 4.98 Å². The van der Waals surface area contributed by atoms with E-state index in [0.717, 1.165) is 0 Å². The number of hydrogen-bond donors (Lipinski definition) is 1. The molecule has 0 unspecified atom stereocenters. The number of rotatable bonds is 2. The summed E-state index contributed by atoms with van der Waals surface area (Å²) < 4.78 is 18.7. The summed E-state index contributed by atoms with van der Waals surface area (Å²) in [5, 5.41) is 0. The van der Waals surface area contributed by atoms with Gasteiger partial charge in [-0.1, -0.05) is 6.07 Å². The number of aromatic nitrogens is 1. The summed E-state index contributed by atoms with van der Waals surface area (Å²) in [6, 6.07) is 6.31. The summed E-state index contributed by atoms with van der Waals surface area (Å²) >= 11 is 0. The number of pyridine rings is 1. The Hall–Kier alpha value is -2.10. The number of nitrogens with two attached hydrogens (primary N) is 1. The highest BCUT2D eigenvalue weighted by Gasteiger charge is 2.02. The van der Waals surface area contributed by atoms with Crippen LogP contribution in [0, 0.1) is 12.7 Å². The fourth-order valence-corrected chi connectivity index (χ4v) is 1.26. The zero-order valence-corrected chi connectivity index (χ0v) is 8.77. The molecule has 1 aromatic heterocycles. The maximum Gasteiger partial charge on any atom is 0.147 e. The standard InChI is InChI=1S/C12H11FN2O/c1-8-2-3-10(5-12(8)13)16-11-4-9(14)6-15-7-11/h2-7H,14H2,1H3. The molecule has 4 heteroatoms. The van der Waals surface area contributed by atoms with Crippen LogP contribution in [0.3, 0.4) is 0 Å². The summed E-state index contributed by atoms with van der Waals surface area (Å²) in [7, 11) is 0. The van der Waals surface area contributed by atoms with E-state index in [1.807, 2.05) is 0 Å². The fraction of sp³-hybridized carbons (Fsp3) is 0.0833. The van der Waals surface area contributed by atoms with E-state index in [-0.39, 0.29) is 5.82 Å². The number of aryl methyl sites for hydroxylation is 1. The van der Waals surface area contributed by atoms with Gasteiger partial charge in [0.25, 0.3) is 0 Å². The predicted octanol–water partition coefficient (Wildman–Crippen LogP) is 2.90. The lowest BCUT2D eigenvalue weighted by Crippen LogP contribution is -1.90. The topological polar surface area (TPSA) is 48.1 Å². The minimum absolute atomic E-state index is 0.297. The van der Waals surface area contributed by atoms with Gasteiger partial charge in [-0.05, 0) is 18.6 Å². The van der Waals surface area contributed by atoms with Crippen LogP contribution in [-0.4, -0.2) is 4.98 Å². The second kappa shape index (κ2) is 4.18. The fourth-order valence-electron chi connectivity index (χ4n) is 1.26. The molecule has 0 aliphatic heterocycles. The Morgan fingerprint density at radius 1 is 1.19 bits per heavy atom. The van der Waals surface area contributed by atoms with E-state index in [1.165, 1.54) is 18.5 Å². The zero-order valence-electron chi connectivity index (χ0n) is 8.77. The van der Waals surface area contributed by atoms with Crippen molar-refractivity contribution in [2.75, 3.05) is 5.73 Å². The molecule has 16 heavy (non-hydrogen) atoms. The molecular weight excluding hydrogens is 207 g/mol. The SMILES string of the molecule is Cc1ccc(Oc2cncc(N)c2)cc1F. The van der Waals surface area contributed by atoms with Crippen LogP contribution in [0.25, 0.3) is 0 Å². The third-order valence-corrected chi connectivity index (χ3v) is 2.11. The summed E-state index contributed by atoms with van der Waals surface area (Å²) in [5.74, 6) is 0.619. The van der Waals surface area contributed by atoms with Gasteiger partial charge in [-0.2, -0.15) is 0 Å². The van der Waals surface area contributed by atoms with Gasteiger partial charge in [-0.25, -0.2) is 4.39 Å². The van der Waals surface area contributed by atoms with Crippen molar-refractivity contribution in [2.45, 2.75) is 6.92 Å². The van der Waals surface area contributed by atoms with Crippen LogP contribution in [0.15, 0.2) is 36.7 Å². The van der Waals surface area contributed by atoms with E-state index >= 15 is 0 Å². The highest BCUT2D eigenvalue weighted by molar-refractivity contribution is 5.42. The highest BCUT2D eigenvalue weighted by Crippen LogP contribution is 2.23. The Morgan fingerprint density at radius 2 is 2.00 bits per heavy atom.